The van der Waals surface area contributed by atoms with E-state index >= 15 is 0 Å². The third-order valence-corrected chi connectivity index (χ3v) is 4.42. The van der Waals surface area contributed by atoms with E-state index in [2.05, 4.69) is 4.98 Å². The van der Waals surface area contributed by atoms with Crippen LogP contribution < -0.4 is 5.73 Å². The Bertz CT molecular complexity index is 560. The molecule has 2 saturated heterocycles. The second-order valence-electron chi connectivity index (χ2n) is 5.95. The van der Waals surface area contributed by atoms with Gasteiger partial charge in [0.25, 0.3) is 0 Å². The zero-order chi connectivity index (χ0) is 16.2. The fourth-order valence-corrected chi connectivity index (χ4v) is 3.10. The molecule has 0 unspecified atom stereocenters. The summed E-state index contributed by atoms with van der Waals surface area (Å²) in [6.07, 6.45) is 4.49. The molecule has 3 heterocycles. The number of pyridine rings is 1. The summed E-state index contributed by atoms with van der Waals surface area (Å²) >= 11 is 0. The van der Waals surface area contributed by atoms with Crippen molar-refractivity contribution in [2.75, 3.05) is 32.8 Å². The number of likely N-dealkylation sites (tertiary alicyclic amines) is 1. The Morgan fingerprint density at radius 3 is 2.78 bits per heavy atom. The van der Waals surface area contributed by atoms with Crippen LogP contribution in [0.5, 0.6) is 0 Å². The lowest BCUT2D eigenvalue weighted by atomic mass is 10.0. The van der Waals surface area contributed by atoms with Crippen LogP contribution in [0.2, 0.25) is 0 Å². The van der Waals surface area contributed by atoms with E-state index in [1.165, 1.54) is 0 Å². The summed E-state index contributed by atoms with van der Waals surface area (Å²) in [5.41, 5.74) is 6.77. The molecule has 1 aromatic rings. The van der Waals surface area contributed by atoms with Gasteiger partial charge in [0.2, 0.25) is 11.8 Å². The minimum Gasteiger partial charge on any atom is -0.378 e. The van der Waals surface area contributed by atoms with Crippen molar-refractivity contribution in [3.63, 3.8) is 0 Å². The predicted molar refractivity (Wildman–Crippen MR) is 83.4 cm³/mol. The zero-order valence-corrected chi connectivity index (χ0v) is 13.1. The number of amides is 2. The number of hydrogen-bond donors (Lipinski definition) is 1. The highest BCUT2D eigenvalue weighted by molar-refractivity contribution is 5.91. The van der Waals surface area contributed by atoms with Gasteiger partial charge in [-0.05, 0) is 18.1 Å². The van der Waals surface area contributed by atoms with Crippen molar-refractivity contribution >= 4 is 11.8 Å². The van der Waals surface area contributed by atoms with Crippen LogP contribution >= 0.6 is 0 Å². The van der Waals surface area contributed by atoms with Crippen molar-refractivity contribution < 1.29 is 14.3 Å². The first-order valence-electron chi connectivity index (χ1n) is 7.98. The van der Waals surface area contributed by atoms with E-state index in [1.807, 2.05) is 12.1 Å². The van der Waals surface area contributed by atoms with E-state index in [0.29, 0.717) is 45.7 Å². The molecule has 7 nitrogen and oxygen atoms in total. The number of hydrogen-bond acceptors (Lipinski definition) is 5. The molecule has 0 aliphatic carbocycles. The van der Waals surface area contributed by atoms with Crippen LogP contribution in [0.3, 0.4) is 0 Å². The Hall–Kier alpha value is -1.99. The van der Waals surface area contributed by atoms with Crippen molar-refractivity contribution in [1.29, 1.82) is 0 Å². The molecule has 3 rings (SSSR count). The summed E-state index contributed by atoms with van der Waals surface area (Å²) in [6.45, 7) is 2.74. The molecule has 2 fully saturated rings. The molecule has 1 aromatic heterocycles. The largest absolute Gasteiger partial charge is 0.378 e. The first-order valence-corrected chi connectivity index (χ1v) is 7.98. The molecule has 124 valence electrons. The van der Waals surface area contributed by atoms with Crippen molar-refractivity contribution in [3.05, 3.63) is 30.1 Å². The molecule has 23 heavy (non-hydrogen) atoms. The van der Waals surface area contributed by atoms with E-state index in [0.717, 1.165) is 5.56 Å². The molecular formula is C16H22N4O3. The van der Waals surface area contributed by atoms with Crippen LogP contribution in [-0.2, 0) is 20.7 Å². The zero-order valence-electron chi connectivity index (χ0n) is 13.1. The van der Waals surface area contributed by atoms with Crippen LogP contribution in [0, 0.1) is 0 Å². The van der Waals surface area contributed by atoms with Crippen molar-refractivity contribution in [2.45, 2.75) is 24.9 Å². The molecule has 2 amide bonds. The predicted octanol–water partition coefficient (Wildman–Crippen LogP) is -0.589. The molecule has 0 bridgehead atoms. The van der Waals surface area contributed by atoms with Gasteiger partial charge in [0, 0.05) is 38.4 Å². The van der Waals surface area contributed by atoms with Gasteiger partial charge in [-0.3, -0.25) is 14.6 Å². The highest BCUT2D eigenvalue weighted by Crippen LogP contribution is 2.19. The smallest absolute Gasteiger partial charge is 0.245 e. The molecule has 7 heteroatoms. The Kier molecular flexibility index (Phi) is 4.88. The van der Waals surface area contributed by atoms with E-state index < -0.39 is 12.1 Å². The molecule has 2 atom stereocenters. The van der Waals surface area contributed by atoms with Crippen LogP contribution in [-0.4, -0.2) is 71.5 Å². The Morgan fingerprint density at radius 2 is 2.17 bits per heavy atom. The average Bonchev–Trinajstić information content (AvgIpc) is 2.93. The molecule has 2 aliphatic rings. The molecule has 0 spiro atoms. The Balaban J connectivity index is 1.80. The fourth-order valence-electron chi connectivity index (χ4n) is 3.10. The van der Waals surface area contributed by atoms with E-state index in [9.17, 15) is 9.59 Å². The van der Waals surface area contributed by atoms with Gasteiger partial charge in [-0.25, -0.2) is 0 Å². The maximum atomic E-state index is 13.0. The van der Waals surface area contributed by atoms with Crippen LogP contribution in [0.4, 0.5) is 0 Å². The number of carbonyl (C=O) groups is 2. The first-order chi connectivity index (χ1) is 11.2. The number of aromatic nitrogens is 1. The van der Waals surface area contributed by atoms with Gasteiger partial charge in [-0.1, -0.05) is 6.07 Å². The Morgan fingerprint density at radius 1 is 1.39 bits per heavy atom. The SMILES string of the molecule is N[C@H]1CCN([C@@H](Cc2cccnc2)C(=O)N2CCOCC2)C1=O. The first kappa shape index (κ1) is 15.9. The molecular weight excluding hydrogens is 296 g/mol. The molecule has 2 N–H and O–H groups in total. The number of nitrogens with two attached hydrogens (primary N) is 1. The van der Waals surface area contributed by atoms with Gasteiger partial charge >= 0.3 is 0 Å². The average molecular weight is 318 g/mol. The van der Waals surface area contributed by atoms with Gasteiger partial charge < -0.3 is 20.3 Å². The Labute approximate surface area is 135 Å². The summed E-state index contributed by atoms with van der Waals surface area (Å²) in [4.78, 5) is 32.8. The van der Waals surface area contributed by atoms with Gasteiger partial charge in [-0.2, -0.15) is 0 Å². The highest BCUT2D eigenvalue weighted by atomic mass is 16.5. The van der Waals surface area contributed by atoms with Crippen molar-refractivity contribution in [3.8, 4) is 0 Å². The number of carbonyl (C=O) groups excluding carboxylic acids is 2. The maximum Gasteiger partial charge on any atom is 0.245 e. The van der Waals surface area contributed by atoms with Crippen LogP contribution in [0.25, 0.3) is 0 Å². The summed E-state index contributed by atoms with van der Waals surface area (Å²) in [6, 6.07) is 2.75. The third kappa shape index (κ3) is 3.51. The van der Waals surface area contributed by atoms with E-state index in [-0.39, 0.29) is 11.8 Å². The molecule has 0 saturated carbocycles. The fraction of sp³-hybridized carbons (Fsp3) is 0.562. The maximum absolute atomic E-state index is 13.0. The second-order valence-corrected chi connectivity index (χ2v) is 5.95. The molecule has 0 aromatic carbocycles. The lowest BCUT2D eigenvalue weighted by molar-refractivity contribution is -0.146. The number of morpholine rings is 1. The minimum atomic E-state index is -0.515. The van der Waals surface area contributed by atoms with Gasteiger partial charge in [0.15, 0.2) is 0 Å². The normalized spacial score (nSPS) is 23.2. The van der Waals surface area contributed by atoms with Gasteiger partial charge in [0.1, 0.15) is 6.04 Å². The van der Waals surface area contributed by atoms with Gasteiger partial charge in [0.05, 0.1) is 19.3 Å². The summed E-state index contributed by atoms with van der Waals surface area (Å²) in [7, 11) is 0. The van der Waals surface area contributed by atoms with Crippen LogP contribution in [0.15, 0.2) is 24.5 Å². The second kappa shape index (κ2) is 7.06. The lowest BCUT2D eigenvalue weighted by Crippen LogP contribution is -2.54. The topological polar surface area (TPSA) is 88.8 Å². The number of nitrogens with zero attached hydrogens (tertiary/aromatic N) is 3. The standard InChI is InChI=1S/C16H22N4O3/c17-13-3-5-20(15(13)21)14(10-12-2-1-4-18-11-12)16(22)19-6-8-23-9-7-19/h1-2,4,11,13-14H,3,5-10,17H2/t13-,14-/m0/s1. The van der Waals surface area contributed by atoms with Crippen molar-refractivity contribution in [1.82, 2.24) is 14.8 Å². The molecule has 2 aliphatic heterocycles. The quantitative estimate of drug-likeness (QED) is 0.802. The van der Waals surface area contributed by atoms with Crippen molar-refractivity contribution in [2.24, 2.45) is 5.73 Å². The van der Waals surface area contributed by atoms with Crippen LogP contribution in [0.1, 0.15) is 12.0 Å². The molecule has 0 radical (unpaired) electrons. The monoisotopic (exact) mass is 318 g/mol. The summed E-state index contributed by atoms with van der Waals surface area (Å²) in [5, 5.41) is 0. The minimum absolute atomic E-state index is 0.0281. The van der Waals surface area contributed by atoms with Gasteiger partial charge in [-0.15, -0.1) is 0 Å². The van der Waals surface area contributed by atoms with E-state index in [1.54, 1.807) is 22.2 Å². The summed E-state index contributed by atoms with van der Waals surface area (Å²) in [5.74, 6) is -0.167. The summed E-state index contributed by atoms with van der Waals surface area (Å²) < 4.78 is 5.31. The lowest BCUT2D eigenvalue weighted by Gasteiger charge is -2.34. The number of rotatable bonds is 4. The third-order valence-electron chi connectivity index (χ3n) is 4.42. The highest BCUT2D eigenvalue weighted by Gasteiger charge is 2.39. The number of ether oxygens (including phenoxy) is 1. The van der Waals surface area contributed by atoms with E-state index in [4.69, 9.17) is 10.5 Å².